The molecule has 1 aromatic carbocycles. The Morgan fingerprint density at radius 1 is 1.33 bits per heavy atom. The molecule has 1 N–H and O–H groups in total. The maximum Gasteiger partial charge on any atom is 0.129 e. The van der Waals surface area contributed by atoms with E-state index in [1.807, 2.05) is 6.92 Å². The summed E-state index contributed by atoms with van der Waals surface area (Å²) in [5.74, 6) is -0.220. The van der Waals surface area contributed by atoms with E-state index in [2.05, 4.69) is 26.1 Å². The molecule has 0 spiro atoms. The van der Waals surface area contributed by atoms with Crippen molar-refractivity contribution in [1.82, 2.24) is 5.32 Å². The van der Waals surface area contributed by atoms with Crippen LogP contribution in [0.3, 0.4) is 0 Å². The van der Waals surface area contributed by atoms with Crippen LogP contribution in [0.15, 0.2) is 18.2 Å². The molecule has 0 saturated carbocycles. The molecule has 0 aliphatic heterocycles. The van der Waals surface area contributed by atoms with Crippen molar-refractivity contribution >= 4 is 11.6 Å². The van der Waals surface area contributed by atoms with Crippen molar-refractivity contribution in [1.29, 1.82) is 0 Å². The zero-order chi connectivity index (χ0) is 13.8. The van der Waals surface area contributed by atoms with Crippen molar-refractivity contribution in [2.24, 2.45) is 5.41 Å². The molecule has 0 saturated heterocycles. The van der Waals surface area contributed by atoms with Gasteiger partial charge in [0.1, 0.15) is 5.82 Å². The zero-order valence-electron chi connectivity index (χ0n) is 11.7. The first-order chi connectivity index (χ1) is 8.33. The fourth-order valence-corrected chi connectivity index (χ4v) is 2.13. The molecule has 1 unspecified atom stereocenters. The molecule has 0 amide bonds. The minimum Gasteiger partial charge on any atom is -0.310 e. The molecule has 0 bridgehead atoms. The van der Waals surface area contributed by atoms with Gasteiger partial charge in [0.25, 0.3) is 0 Å². The van der Waals surface area contributed by atoms with Gasteiger partial charge in [-0.15, -0.1) is 0 Å². The first-order valence-electron chi connectivity index (χ1n) is 6.52. The minimum absolute atomic E-state index is 0.0616. The van der Waals surface area contributed by atoms with Gasteiger partial charge in [0.2, 0.25) is 0 Å². The molecule has 0 fully saturated rings. The second kappa shape index (κ2) is 6.53. The van der Waals surface area contributed by atoms with Gasteiger partial charge in [-0.3, -0.25) is 0 Å². The van der Waals surface area contributed by atoms with Crippen LogP contribution in [0.25, 0.3) is 0 Å². The lowest BCUT2D eigenvalue weighted by Gasteiger charge is -2.24. The van der Waals surface area contributed by atoms with Gasteiger partial charge < -0.3 is 5.32 Å². The Labute approximate surface area is 115 Å². The number of benzene rings is 1. The lowest BCUT2D eigenvalue weighted by atomic mass is 9.87. The smallest absolute Gasteiger partial charge is 0.129 e. The molecule has 1 rings (SSSR count). The highest BCUT2D eigenvalue weighted by atomic mass is 35.5. The molecule has 1 nitrogen and oxygen atoms in total. The Morgan fingerprint density at radius 3 is 2.50 bits per heavy atom. The topological polar surface area (TPSA) is 12.0 Å². The fourth-order valence-electron chi connectivity index (χ4n) is 1.98. The van der Waals surface area contributed by atoms with Crippen molar-refractivity contribution in [2.75, 3.05) is 6.54 Å². The van der Waals surface area contributed by atoms with Crippen LogP contribution in [-0.2, 0) is 0 Å². The zero-order valence-corrected chi connectivity index (χ0v) is 12.4. The Kier molecular flexibility index (Phi) is 5.61. The lowest BCUT2D eigenvalue weighted by molar-refractivity contribution is 0.330. The van der Waals surface area contributed by atoms with Gasteiger partial charge in [-0.1, -0.05) is 45.4 Å². The summed E-state index contributed by atoms with van der Waals surface area (Å²) in [6, 6.07) is 4.99. The van der Waals surface area contributed by atoms with E-state index in [9.17, 15) is 4.39 Å². The average molecular weight is 272 g/mol. The standard InChI is InChI=1S/C15H23ClFN/c1-5-18-14(8-9-15(2,3)4)12-7-6-11(16)10-13(12)17/h6-7,10,14,18H,5,8-9H2,1-4H3. The number of rotatable bonds is 5. The van der Waals surface area contributed by atoms with Crippen LogP contribution < -0.4 is 5.32 Å². The van der Waals surface area contributed by atoms with E-state index in [1.54, 1.807) is 12.1 Å². The van der Waals surface area contributed by atoms with Crippen LogP contribution in [0, 0.1) is 11.2 Å². The van der Waals surface area contributed by atoms with Crippen LogP contribution in [0.2, 0.25) is 5.02 Å². The van der Waals surface area contributed by atoms with Gasteiger partial charge >= 0.3 is 0 Å². The number of nitrogens with one attached hydrogen (secondary N) is 1. The monoisotopic (exact) mass is 271 g/mol. The SMILES string of the molecule is CCNC(CCC(C)(C)C)c1ccc(Cl)cc1F. The van der Waals surface area contributed by atoms with Gasteiger partial charge in [-0.05, 0) is 36.9 Å². The predicted molar refractivity (Wildman–Crippen MR) is 76.5 cm³/mol. The van der Waals surface area contributed by atoms with Gasteiger partial charge in [0.15, 0.2) is 0 Å². The van der Waals surface area contributed by atoms with Crippen LogP contribution >= 0.6 is 11.6 Å². The van der Waals surface area contributed by atoms with E-state index in [0.717, 1.165) is 19.4 Å². The lowest BCUT2D eigenvalue weighted by Crippen LogP contribution is -2.23. The molecule has 3 heteroatoms. The van der Waals surface area contributed by atoms with Crippen molar-refractivity contribution in [3.63, 3.8) is 0 Å². The van der Waals surface area contributed by atoms with E-state index in [0.29, 0.717) is 10.6 Å². The van der Waals surface area contributed by atoms with Crippen molar-refractivity contribution in [3.8, 4) is 0 Å². The summed E-state index contributed by atoms with van der Waals surface area (Å²) in [6.07, 6.45) is 1.97. The quantitative estimate of drug-likeness (QED) is 0.798. The molecule has 1 atom stereocenters. The summed E-state index contributed by atoms with van der Waals surface area (Å²) in [6.45, 7) is 9.48. The molecule has 18 heavy (non-hydrogen) atoms. The minimum atomic E-state index is -0.220. The average Bonchev–Trinajstić information content (AvgIpc) is 2.24. The van der Waals surface area contributed by atoms with Crippen LogP contribution in [0.1, 0.15) is 52.1 Å². The molecule has 0 aliphatic rings. The van der Waals surface area contributed by atoms with Crippen LogP contribution in [0.5, 0.6) is 0 Å². The Balaban J connectivity index is 2.83. The van der Waals surface area contributed by atoms with Gasteiger partial charge in [-0.2, -0.15) is 0 Å². The maximum atomic E-state index is 13.9. The van der Waals surface area contributed by atoms with E-state index in [4.69, 9.17) is 11.6 Å². The highest BCUT2D eigenvalue weighted by Crippen LogP contribution is 2.29. The summed E-state index contributed by atoms with van der Waals surface area (Å²) in [5.41, 5.74) is 0.974. The first kappa shape index (κ1) is 15.5. The van der Waals surface area contributed by atoms with Crippen LogP contribution in [0.4, 0.5) is 4.39 Å². The molecule has 0 aromatic heterocycles. The van der Waals surface area contributed by atoms with Crippen LogP contribution in [-0.4, -0.2) is 6.54 Å². The molecule has 102 valence electrons. The number of halogens is 2. The summed E-state index contributed by atoms with van der Waals surface area (Å²) < 4.78 is 13.9. The molecule has 0 heterocycles. The number of hydrogen-bond donors (Lipinski definition) is 1. The van der Waals surface area contributed by atoms with E-state index >= 15 is 0 Å². The summed E-state index contributed by atoms with van der Waals surface area (Å²) in [4.78, 5) is 0. The molecular weight excluding hydrogens is 249 g/mol. The normalized spacial score (nSPS) is 13.7. The van der Waals surface area contributed by atoms with Crippen molar-refractivity contribution < 1.29 is 4.39 Å². The third-order valence-electron chi connectivity index (χ3n) is 2.97. The third kappa shape index (κ3) is 4.95. The molecule has 1 aromatic rings. The fraction of sp³-hybridized carbons (Fsp3) is 0.600. The first-order valence-corrected chi connectivity index (χ1v) is 6.89. The van der Waals surface area contributed by atoms with Crippen molar-refractivity contribution in [3.05, 3.63) is 34.6 Å². The summed E-state index contributed by atoms with van der Waals surface area (Å²) in [7, 11) is 0. The largest absolute Gasteiger partial charge is 0.310 e. The predicted octanol–water partition coefficient (Wildman–Crippen LogP) is 4.96. The van der Waals surface area contributed by atoms with Gasteiger partial charge in [0.05, 0.1) is 0 Å². The third-order valence-corrected chi connectivity index (χ3v) is 3.21. The highest BCUT2D eigenvalue weighted by molar-refractivity contribution is 6.30. The Morgan fingerprint density at radius 2 is 2.00 bits per heavy atom. The van der Waals surface area contributed by atoms with E-state index in [1.165, 1.54) is 6.07 Å². The van der Waals surface area contributed by atoms with Gasteiger partial charge in [0, 0.05) is 16.6 Å². The second-order valence-electron chi connectivity index (χ2n) is 5.88. The highest BCUT2D eigenvalue weighted by Gasteiger charge is 2.18. The van der Waals surface area contributed by atoms with Crippen molar-refractivity contribution in [2.45, 2.75) is 46.6 Å². The molecule has 0 radical (unpaired) electrons. The van der Waals surface area contributed by atoms with E-state index < -0.39 is 0 Å². The second-order valence-corrected chi connectivity index (χ2v) is 6.31. The molecular formula is C15H23ClFN. The van der Waals surface area contributed by atoms with Gasteiger partial charge in [-0.25, -0.2) is 4.39 Å². The summed E-state index contributed by atoms with van der Waals surface area (Å²) in [5, 5.41) is 3.80. The Bertz CT molecular complexity index is 385. The van der Waals surface area contributed by atoms with E-state index in [-0.39, 0.29) is 17.3 Å². The Hall–Kier alpha value is -0.600. The summed E-state index contributed by atoms with van der Waals surface area (Å²) >= 11 is 5.79. The number of hydrogen-bond acceptors (Lipinski definition) is 1. The maximum absolute atomic E-state index is 13.9. The molecule has 0 aliphatic carbocycles.